The van der Waals surface area contributed by atoms with Gasteiger partial charge in [-0.3, -0.25) is 9.88 Å². The largest absolute Gasteiger partial charge is 0.344 e. The standard InChI is InChI=1S/C13H14F2N4/c14-13(15)8-19(9-13)7-12-17-6-11(18-12)5-10-3-1-2-4-16-10/h1-4,6H,5,7-9H2,(H,17,18). The number of likely N-dealkylation sites (tertiary alicyclic amines) is 1. The van der Waals surface area contributed by atoms with E-state index in [1.165, 1.54) is 0 Å². The Morgan fingerprint density at radius 2 is 2.11 bits per heavy atom. The molecular weight excluding hydrogens is 250 g/mol. The lowest BCUT2D eigenvalue weighted by atomic mass is 10.1. The van der Waals surface area contributed by atoms with Crippen LogP contribution < -0.4 is 0 Å². The molecule has 0 bridgehead atoms. The van der Waals surface area contributed by atoms with E-state index in [1.54, 1.807) is 17.3 Å². The third-order valence-corrected chi connectivity index (χ3v) is 3.06. The van der Waals surface area contributed by atoms with Crippen molar-refractivity contribution in [3.05, 3.63) is 47.8 Å². The van der Waals surface area contributed by atoms with Crippen LogP contribution in [0.1, 0.15) is 17.2 Å². The van der Waals surface area contributed by atoms with Gasteiger partial charge in [0.05, 0.1) is 19.6 Å². The number of hydrogen-bond donors (Lipinski definition) is 1. The first-order chi connectivity index (χ1) is 9.11. The van der Waals surface area contributed by atoms with Crippen molar-refractivity contribution in [2.45, 2.75) is 18.9 Å². The maximum Gasteiger partial charge on any atom is 0.272 e. The maximum absolute atomic E-state index is 12.7. The van der Waals surface area contributed by atoms with Crippen molar-refractivity contribution in [1.82, 2.24) is 19.9 Å². The molecule has 4 nitrogen and oxygen atoms in total. The smallest absolute Gasteiger partial charge is 0.272 e. The molecule has 1 fully saturated rings. The van der Waals surface area contributed by atoms with Crippen molar-refractivity contribution in [1.29, 1.82) is 0 Å². The number of rotatable bonds is 4. The molecule has 1 aliphatic rings. The molecule has 0 amide bonds. The molecule has 0 aromatic carbocycles. The number of pyridine rings is 1. The minimum Gasteiger partial charge on any atom is -0.344 e. The van der Waals surface area contributed by atoms with Gasteiger partial charge < -0.3 is 4.98 Å². The van der Waals surface area contributed by atoms with E-state index in [0.29, 0.717) is 13.0 Å². The Labute approximate surface area is 109 Å². The van der Waals surface area contributed by atoms with E-state index in [-0.39, 0.29) is 13.1 Å². The molecule has 3 rings (SSSR count). The number of aromatic nitrogens is 3. The van der Waals surface area contributed by atoms with Gasteiger partial charge in [0.25, 0.3) is 5.92 Å². The van der Waals surface area contributed by atoms with Gasteiger partial charge in [-0.25, -0.2) is 13.8 Å². The number of nitrogens with zero attached hydrogens (tertiary/aromatic N) is 3. The van der Waals surface area contributed by atoms with Crippen LogP contribution in [0.3, 0.4) is 0 Å². The van der Waals surface area contributed by atoms with Gasteiger partial charge >= 0.3 is 0 Å². The van der Waals surface area contributed by atoms with Crippen molar-refractivity contribution in [2.75, 3.05) is 13.1 Å². The SMILES string of the molecule is FC1(F)CN(Cc2ncc(Cc3ccccn3)[nH]2)C1. The summed E-state index contributed by atoms with van der Waals surface area (Å²) in [5.41, 5.74) is 1.90. The Morgan fingerprint density at radius 3 is 2.79 bits per heavy atom. The van der Waals surface area contributed by atoms with E-state index in [2.05, 4.69) is 15.0 Å². The van der Waals surface area contributed by atoms with Crippen LogP contribution in [0, 0.1) is 0 Å². The highest BCUT2D eigenvalue weighted by atomic mass is 19.3. The zero-order valence-corrected chi connectivity index (χ0v) is 10.3. The third kappa shape index (κ3) is 2.96. The third-order valence-electron chi connectivity index (χ3n) is 3.06. The second-order valence-corrected chi connectivity index (χ2v) is 4.85. The van der Waals surface area contributed by atoms with Crippen LogP contribution in [0.2, 0.25) is 0 Å². The van der Waals surface area contributed by atoms with Crippen molar-refractivity contribution in [3.8, 4) is 0 Å². The number of nitrogens with one attached hydrogen (secondary N) is 1. The molecule has 2 aromatic heterocycles. The lowest BCUT2D eigenvalue weighted by Gasteiger charge is -2.37. The van der Waals surface area contributed by atoms with Crippen molar-refractivity contribution < 1.29 is 8.78 Å². The van der Waals surface area contributed by atoms with Crippen LogP contribution in [0.5, 0.6) is 0 Å². The zero-order valence-electron chi connectivity index (χ0n) is 10.3. The van der Waals surface area contributed by atoms with Gasteiger partial charge in [0.15, 0.2) is 0 Å². The molecule has 0 radical (unpaired) electrons. The fourth-order valence-corrected chi connectivity index (χ4v) is 2.21. The molecule has 2 aromatic rings. The molecule has 3 heterocycles. The maximum atomic E-state index is 12.7. The number of hydrogen-bond acceptors (Lipinski definition) is 3. The van der Waals surface area contributed by atoms with Crippen LogP contribution in [-0.4, -0.2) is 38.9 Å². The van der Waals surface area contributed by atoms with Gasteiger partial charge in [-0.05, 0) is 12.1 Å². The lowest BCUT2D eigenvalue weighted by Crippen LogP contribution is -2.55. The second-order valence-electron chi connectivity index (χ2n) is 4.85. The van der Waals surface area contributed by atoms with Gasteiger partial charge in [-0.1, -0.05) is 6.07 Å². The Hall–Kier alpha value is -1.82. The molecule has 0 atom stereocenters. The average Bonchev–Trinajstić information content (AvgIpc) is 2.75. The summed E-state index contributed by atoms with van der Waals surface area (Å²) in [5.74, 6) is -1.80. The normalized spacial score (nSPS) is 18.2. The fourth-order valence-electron chi connectivity index (χ4n) is 2.21. The molecule has 0 unspecified atom stereocenters. The molecule has 1 saturated heterocycles. The molecule has 0 spiro atoms. The number of halogens is 2. The highest BCUT2D eigenvalue weighted by Crippen LogP contribution is 2.27. The van der Waals surface area contributed by atoms with E-state index >= 15 is 0 Å². The van der Waals surface area contributed by atoms with E-state index in [9.17, 15) is 8.78 Å². The topological polar surface area (TPSA) is 44.8 Å². The van der Waals surface area contributed by atoms with Crippen LogP contribution in [0.4, 0.5) is 8.78 Å². The van der Waals surface area contributed by atoms with Crippen LogP contribution in [0.15, 0.2) is 30.6 Å². The van der Waals surface area contributed by atoms with Gasteiger partial charge in [-0.2, -0.15) is 0 Å². The number of aromatic amines is 1. The summed E-state index contributed by atoms with van der Waals surface area (Å²) in [6.07, 6.45) is 4.15. The minimum atomic E-state index is -2.52. The zero-order chi connectivity index (χ0) is 13.3. The molecule has 19 heavy (non-hydrogen) atoms. The number of H-pyrrole nitrogens is 1. The molecule has 0 saturated carbocycles. The molecular formula is C13H14F2N4. The van der Waals surface area contributed by atoms with Gasteiger partial charge in [0.1, 0.15) is 5.82 Å². The Balaban J connectivity index is 1.58. The predicted molar refractivity (Wildman–Crippen MR) is 65.9 cm³/mol. The monoisotopic (exact) mass is 264 g/mol. The van der Waals surface area contributed by atoms with Gasteiger partial charge in [-0.15, -0.1) is 0 Å². The van der Waals surface area contributed by atoms with E-state index < -0.39 is 5.92 Å². The van der Waals surface area contributed by atoms with Gasteiger partial charge in [0.2, 0.25) is 0 Å². The van der Waals surface area contributed by atoms with E-state index in [1.807, 2.05) is 18.2 Å². The quantitative estimate of drug-likeness (QED) is 0.916. The molecule has 0 aliphatic carbocycles. The molecule has 1 N–H and O–H groups in total. The predicted octanol–water partition coefficient (Wildman–Crippen LogP) is 1.85. The Kier molecular flexibility index (Phi) is 3.02. The minimum absolute atomic E-state index is 0.177. The molecule has 100 valence electrons. The summed E-state index contributed by atoms with van der Waals surface area (Å²) < 4.78 is 25.4. The molecule has 1 aliphatic heterocycles. The average molecular weight is 264 g/mol. The van der Waals surface area contributed by atoms with E-state index in [0.717, 1.165) is 17.2 Å². The van der Waals surface area contributed by atoms with Crippen LogP contribution >= 0.6 is 0 Å². The number of imidazole rings is 1. The number of alkyl halides is 2. The highest BCUT2D eigenvalue weighted by Gasteiger charge is 2.43. The highest BCUT2D eigenvalue weighted by molar-refractivity contribution is 5.14. The summed E-state index contributed by atoms with van der Waals surface area (Å²) in [5, 5.41) is 0. The first kappa shape index (κ1) is 12.2. The van der Waals surface area contributed by atoms with Crippen LogP contribution in [-0.2, 0) is 13.0 Å². The fraction of sp³-hybridized carbons (Fsp3) is 0.385. The Bertz CT molecular complexity index is 545. The van der Waals surface area contributed by atoms with E-state index in [4.69, 9.17) is 0 Å². The summed E-state index contributed by atoms with van der Waals surface area (Å²) in [4.78, 5) is 13.3. The summed E-state index contributed by atoms with van der Waals surface area (Å²) in [7, 11) is 0. The lowest BCUT2D eigenvalue weighted by molar-refractivity contribution is -0.134. The summed E-state index contributed by atoms with van der Waals surface area (Å²) in [6.45, 7) is 0.0877. The van der Waals surface area contributed by atoms with Crippen molar-refractivity contribution in [3.63, 3.8) is 0 Å². The van der Waals surface area contributed by atoms with Crippen molar-refractivity contribution >= 4 is 0 Å². The summed E-state index contributed by atoms with van der Waals surface area (Å²) >= 11 is 0. The van der Waals surface area contributed by atoms with Crippen molar-refractivity contribution in [2.24, 2.45) is 0 Å². The Morgan fingerprint density at radius 1 is 1.26 bits per heavy atom. The summed E-state index contributed by atoms with van der Waals surface area (Å²) in [6, 6.07) is 5.74. The first-order valence-corrected chi connectivity index (χ1v) is 6.14. The first-order valence-electron chi connectivity index (χ1n) is 6.14. The van der Waals surface area contributed by atoms with Crippen LogP contribution in [0.25, 0.3) is 0 Å². The second kappa shape index (κ2) is 4.70. The van der Waals surface area contributed by atoms with Gasteiger partial charge in [0, 0.05) is 30.2 Å². The molecule has 6 heteroatoms.